The number of ether oxygens (including phenoxy) is 1. The first-order valence-electron chi connectivity index (χ1n) is 8.62. The number of methoxy groups -OCH3 is 1. The Kier molecular flexibility index (Phi) is 5.30. The Morgan fingerprint density at radius 3 is 2.54 bits per heavy atom. The minimum Gasteiger partial charge on any atom is -0.380 e. The van der Waals surface area contributed by atoms with Crippen LogP contribution in [0.5, 0.6) is 0 Å². The van der Waals surface area contributed by atoms with E-state index in [4.69, 9.17) is 4.74 Å². The van der Waals surface area contributed by atoms with Crippen LogP contribution in [0.25, 0.3) is 0 Å². The molecular formula is C17H27N5O2. The number of aromatic nitrogens is 2. The van der Waals surface area contributed by atoms with E-state index in [-0.39, 0.29) is 18.1 Å². The maximum Gasteiger partial charge on any atom is 0.240 e. The highest BCUT2D eigenvalue weighted by Crippen LogP contribution is 2.25. The van der Waals surface area contributed by atoms with Gasteiger partial charge in [-0.3, -0.25) is 9.69 Å². The first kappa shape index (κ1) is 17.1. The fraction of sp³-hybridized carbons (Fsp3) is 0.706. The van der Waals surface area contributed by atoms with E-state index in [9.17, 15) is 4.79 Å². The van der Waals surface area contributed by atoms with Crippen molar-refractivity contribution < 1.29 is 9.53 Å². The van der Waals surface area contributed by atoms with Crippen molar-refractivity contribution in [3.05, 3.63) is 18.0 Å². The number of rotatable bonds is 5. The van der Waals surface area contributed by atoms with E-state index in [1.807, 2.05) is 36.3 Å². The molecule has 0 radical (unpaired) electrons. The summed E-state index contributed by atoms with van der Waals surface area (Å²) in [5, 5.41) is 0. The Bertz CT molecular complexity index is 557. The Morgan fingerprint density at radius 2 is 1.96 bits per heavy atom. The van der Waals surface area contributed by atoms with Crippen LogP contribution in [0.1, 0.15) is 24.8 Å². The lowest BCUT2D eigenvalue weighted by Gasteiger charge is -2.27. The highest BCUT2D eigenvalue weighted by atomic mass is 16.5. The van der Waals surface area contributed by atoms with E-state index < -0.39 is 0 Å². The third kappa shape index (κ3) is 3.67. The molecule has 2 atom stereocenters. The molecule has 0 saturated carbocycles. The molecule has 2 aliphatic rings. The molecule has 0 aliphatic carbocycles. The lowest BCUT2D eigenvalue weighted by atomic mass is 10.1. The molecule has 2 fully saturated rings. The summed E-state index contributed by atoms with van der Waals surface area (Å²) in [6.07, 6.45) is 6.81. The van der Waals surface area contributed by atoms with Crippen LogP contribution < -0.4 is 4.90 Å². The number of likely N-dealkylation sites (tertiary alicyclic amines) is 2. The monoisotopic (exact) mass is 333 g/mol. The highest BCUT2D eigenvalue weighted by molar-refractivity contribution is 5.82. The third-order valence-corrected chi connectivity index (χ3v) is 4.88. The number of nitrogens with zero attached hydrogens (tertiary/aromatic N) is 5. The number of amides is 1. The van der Waals surface area contributed by atoms with E-state index in [1.54, 1.807) is 7.11 Å². The van der Waals surface area contributed by atoms with Crippen molar-refractivity contribution >= 4 is 11.9 Å². The molecular weight excluding hydrogens is 306 g/mol. The van der Waals surface area contributed by atoms with Crippen molar-refractivity contribution in [2.24, 2.45) is 0 Å². The molecule has 0 spiro atoms. The molecule has 0 bridgehead atoms. The molecule has 3 rings (SSSR count). The van der Waals surface area contributed by atoms with Gasteiger partial charge in [0.2, 0.25) is 11.9 Å². The lowest BCUT2D eigenvalue weighted by molar-refractivity contribution is -0.135. The van der Waals surface area contributed by atoms with Crippen molar-refractivity contribution in [3.8, 4) is 0 Å². The third-order valence-electron chi connectivity index (χ3n) is 4.88. The predicted molar refractivity (Wildman–Crippen MR) is 91.8 cm³/mol. The fourth-order valence-electron chi connectivity index (χ4n) is 3.51. The number of hydrogen-bond donors (Lipinski definition) is 0. The SMILES string of the molecule is CO[C@H]1C[C@@H](C(=O)N2CCCC2)N(Cc2cnc(N(C)C)nc2)C1. The molecule has 1 aromatic heterocycles. The number of hydrogen-bond acceptors (Lipinski definition) is 6. The van der Waals surface area contributed by atoms with Crippen LogP contribution in [0.15, 0.2) is 12.4 Å². The van der Waals surface area contributed by atoms with Crippen LogP contribution in [0, 0.1) is 0 Å². The Balaban J connectivity index is 1.70. The summed E-state index contributed by atoms with van der Waals surface area (Å²) in [6.45, 7) is 3.23. The van der Waals surface area contributed by atoms with Crippen LogP contribution >= 0.6 is 0 Å². The average molecular weight is 333 g/mol. The van der Waals surface area contributed by atoms with Gasteiger partial charge in [0.25, 0.3) is 0 Å². The summed E-state index contributed by atoms with van der Waals surface area (Å²) in [5.74, 6) is 0.942. The largest absolute Gasteiger partial charge is 0.380 e. The molecule has 0 N–H and O–H groups in total. The van der Waals surface area contributed by atoms with Gasteiger partial charge in [0, 0.05) is 65.3 Å². The van der Waals surface area contributed by atoms with E-state index in [0.29, 0.717) is 12.5 Å². The minimum absolute atomic E-state index is 0.0958. The number of carbonyl (C=O) groups excluding carboxylic acids is 1. The van der Waals surface area contributed by atoms with Gasteiger partial charge in [-0.25, -0.2) is 9.97 Å². The maximum absolute atomic E-state index is 12.8. The van der Waals surface area contributed by atoms with Gasteiger partial charge < -0.3 is 14.5 Å². The van der Waals surface area contributed by atoms with Gasteiger partial charge in [-0.05, 0) is 19.3 Å². The van der Waals surface area contributed by atoms with Crippen molar-refractivity contribution in [2.45, 2.75) is 38.0 Å². The molecule has 0 aromatic carbocycles. The summed E-state index contributed by atoms with van der Waals surface area (Å²) in [4.78, 5) is 27.7. The second kappa shape index (κ2) is 7.44. The normalized spacial score (nSPS) is 24.5. The zero-order valence-corrected chi connectivity index (χ0v) is 14.8. The molecule has 0 unspecified atom stereocenters. The first-order chi connectivity index (χ1) is 11.6. The second-order valence-electron chi connectivity index (χ2n) is 6.86. The molecule has 24 heavy (non-hydrogen) atoms. The van der Waals surface area contributed by atoms with E-state index in [1.165, 1.54) is 0 Å². The van der Waals surface area contributed by atoms with Crippen molar-refractivity contribution in [2.75, 3.05) is 45.7 Å². The average Bonchev–Trinajstić information content (AvgIpc) is 3.24. The summed E-state index contributed by atoms with van der Waals surface area (Å²) >= 11 is 0. The van der Waals surface area contributed by atoms with Crippen LogP contribution in [0.3, 0.4) is 0 Å². The van der Waals surface area contributed by atoms with Crippen LogP contribution in [0.4, 0.5) is 5.95 Å². The summed E-state index contributed by atoms with van der Waals surface area (Å²) in [5.41, 5.74) is 1.02. The van der Waals surface area contributed by atoms with Crippen LogP contribution in [-0.4, -0.2) is 78.7 Å². The van der Waals surface area contributed by atoms with Gasteiger partial charge in [-0.2, -0.15) is 0 Å². The Morgan fingerprint density at radius 1 is 1.29 bits per heavy atom. The minimum atomic E-state index is -0.0958. The lowest BCUT2D eigenvalue weighted by Crippen LogP contribution is -2.44. The zero-order chi connectivity index (χ0) is 17.1. The fourth-order valence-corrected chi connectivity index (χ4v) is 3.51. The Hall–Kier alpha value is -1.73. The topological polar surface area (TPSA) is 61.8 Å². The van der Waals surface area contributed by atoms with Crippen molar-refractivity contribution in [1.29, 1.82) is 0 Å². The van der Waals surface area contributed by atoms with E-state index in [2.05, 4.69) is 14.9 Å². The second-order valence-corrected chi connectivity index (χ2v) is 6.86. The van der Waals surface area contributed by atoms with Gasteiger partial charge in [0.1, 0.15) is 0 Å². The maximum atomic E-state index is 12.8. The van der Waals surface area contributed by atoms with Gasteiger partial charge in [0.15, 0.2) is 0 Å². The zero-order valence-electron chi connectivity index (χ0n) is 14.8. The van der Waals surface area contributed by atoms with Crippen molar-refractivity contribution in [1.82, 2.24) is 19.8 Å². The van der Waals surface area contributed by atoms with Crippen LogP contribution in [0.2, 0.25) is 0 Å². The molecule has 1 amide bonds. The molecule has 2 saturated heterocycles. The van der Waals surface area contributed by atoms with Crippen LogP contribution in [-0.2, 0) is 16.1 Å². The number of carbonyl (C=O) groups is 1. The van der Waals surface area contributed by atoms with Gasteiger partial charge in [-0.1, -0.05) is 0 Å². The molecule has 132 valence electrons. The molecule has 1 aromatic rings. The quantitative estimate of drug-likeness (QED) is 0.793. The summed E-state index contributed by atoms with van der Waals surface area (Å²) in [7, 11) is 5.56. The molecule has 2 aliphatic heterocycles. The van der Waals surface area contributed by atoms with E-state index in [0.717, 1.165) is 44.5 Å². The van der Waals surface area contributed by atoms with Gasteiger partial charge >= 0.3 is 0 Å². The van der Waals surface area contributed by atoms with Crippen molar-refractivity contribution in [3.63, 3.8) is 0 Å². The van der Waals surface area contributed by atoms with E-state index >= 15 is 0 Å². The molecule has 3 heterocycles. The summed E-state index contributed by atoms with van der Waals surface area (Å²) in [6, 6.07) is -0.0958. The molecule has 7 nitrogen and oxygen atoms in total. The molecule has 7 heteroatoms. The Labute approximate surface area is 143 Å². The number of anilines is 1. The standard InChI is InChI=1S/C17H27N5O2/c1-20(2)17-18-9-13(10-19-17)11-22-12-14(24-3)8-15(22)16(23)21-6-4-5-7-21/h9-10,14-15H,4-8,11-12H2,1-3H3/t14-,15-/m0/s1. The van der Waals surface area contributed by atoms with Gasteiger partial charge in [0.05, 0.1) is 12.1 Å². The van der Waals surface area contributed by atoms with Gasteiger partial charge in [-0.15, -0.1) is 0 Å². The summed E-state index contributed by atoms with van der Waals surface area (Å²) < 4.78 is 5.52. The smallest absolute Gasteiger partial charge is 0.240 e. The first-order valence-corrected chi connectivity index (χ1v) is 8.62. The predicted octanol–water partition coefficient (Wildman–Crippen LogP) is 0.754. The highest BCUT2D eigenvalue weighted by Gasteiger charge is 2.39.